The molecule has 0 saturated carbocycles. The lowest BCUT2D eigenvalue weighted by molar-refractivity contribution is -0.133. The zero-order chi connectivity index (χ0) is 26.5. The summed E-state index contributed by atoms with van der Waals surface area (Å²) in [6, 6.07) is 10.4. The number of amides is 2. The third-order valence-corrected chi connectivity index (χ3v) is 6.00. The summed E-state index contributed by atoms with van der Waals surface area (Å²) < 4.78 is 37.7. The zero-order valence-corrected chi connectivity index (χ0v) is 21.1. The Hall–Kier alpha value is -3.49. The summed E-state index contributed by atoms with van der Waals surface area (Å²) in [4.78, 5) is 40.3. The normalized spacial score (nSPS) is 14.3. The number of likely N-dealkylation sites (tertiary alicyclic amines) is 1. The molecule has 0 unspecified atom stereocenters. The first kappa shape index (κ1) is 27.1. The molecule has 0 radical (unpaired) electrons. The van der Waals surface area contributed by atoms with Crippen LogP contribution < -0.4 is 0 Å². The summed E-state index contributed by atoms with van der Waals surface area (Å²) in [5.74, 6) is -1.95. The van der Waals surface area contributed by atoms with E-state index in [-0.39, 0.29) is 30.5 Å². The number of rotatable bonds is 6. The highest BCUT2D eigenvalue weighted by atomic mass is 19.1. The standard InChI is InChI=1S/C27H32F2N2O5/c1-27(2,3)36-26(34)31(16-21-9-10-22(28)15-23(21)29)17-24(32)30-13-11-19(12-14-30)18-5-7-20(8-6-18)25(33)35-4/h5-10,15,19H,11-14,16-17H2,1-4H3. The van der Waals surface area contributed by atoms with Crippen LogP contribution in [0, 0.1) is 11.6 Å². The third-order valence-electron chi connectivity index (χ3n) is 6.00. The molecule has 0 aliphatic carbocycles. The second-order valence-electron chi connectivity index (χ2n) is 9.84. The fraction of sp³-hybridized carbons (Fsp3) is 0.444. The van der Waals surface area contributed by atoms with Crippen LogP contribution in [0.2, 0.25) is 0 Å². The van der Waals surface area contributed by atoms with Gasteiger partial charge in [-0.2, -0.15) is 0 Å². The van der Waals surface area contributed by atoms with E-state index >= 15 is 0 Å². The Morgan fingerprint density at radius 2 is 1.67 bits per heavy atom. The molecule has 9 heteroatoms. The monoisotopic (exact) mass is 502 g/mol. The van der Waals surface area contributed by atoms with Gasteiger partial charge < -0.3 is 14.4 Å². The molecule has 1 saturated heterocycles. The number of hydrogen-bond acceptors (Lipinski definition) is 5. The molecule has 36 heavy (non-hydrogen) atoms. The van der Waals surface area contributed by atoms with Gasteiger partial charge in [0.15, 0.2) is 0 Å². The van der Waals surface area contributed by atoms with E-state index in [1.807, 2.05) is 12.1 Å². The third kappa shape index (κ3) is 7.26. The van der Waals surface area contributed by atoms with Gasteiger partial charge in [-0.15, -0.1) is 0 Å². The molecule has 3 rings (SSSR count). The number of carbonyl (C=O) groups is 3. The molecule has 1 aliphatic rings. The molecule has 1 aliphatic heterocycles. The molecule has 2 aromatic carbocycles. The molecular weight excluding hydrogens is 470 g/mol. The number of esters is 1. The topological polar surface area (TPSA) is 76.2 Å². The van der Waals surface area contributed by atoms with Crippen LogP contribution in [0.4, 0.5) is 13.6 Å². The minimum absolute atomic E-state index is 0.0872. The maximum atomic E-state index is 14.3. The minimum atomic E-state index is -0.804. The fourth-order valence-corrected chi connectivity index (χ4v) is 4.10. The number of hydrogen-bond donors (Lipinski definition) is 0. The van der Waals surface area contributed by atoms with Crippen molar-refractivity contribution in [2.75, 3.05) is 26.7 Å². The van der Waals surface area contributed by atoms with Crippen LogP contribution in [-0.4, -0.2) is 60.1 Å². The average molecular weight is 503 g/mol. The van der Waals surface area contributed by atoms with E-state index in [2.05, 4.69) is 0 Å². The largest absolute Gasteiger partial charge is 0.465 e. The summed E-state index contributed by atoms with van der Waals surface area (Å²) in [6.07, 6.45) is 0.699. The molecule has 7 nitrogen and oxygen atoms in total. The van der Waals surface area contributed by atoms with Crippen molar-refractivity contribution in [2.24, 2.45) is 0 Å². The fourth-order valence-electron chi connectivity index (χ4n) is 4.10. The summed E-state index contributed by atoms with van der Waals surface area (Å²) in [5.41, 5.74) is 0.844. The first-order valence-corrected chi connectivity index (χ1v) is 11.8. The smallest absolute Gasteiger partial charge is 0.411 e. The first-order valence-electron chi connectivity index (χ1n) is 11.8. The van der Waals surface area contributed by atoms with Crippen molar-refractivity contribution in [3.05, 3.63) is 70.8 Å². The van der Waals surface area contributed by atoms with E-state index < -0.39 is 29.3 Å². The van der Waals surface area contributed by atoms with E-state index in [1.54, 1.807) is 37.8 Å². The van der Waals surface area contributed by atoms with Crippen LogP contribution in [-0.2, 0) is 20.8 Å². The highest BCUT2D eigenvalue weighted by Crippen LogP contribution is 2.28. The number of benzene rings is 2. The molecule has 2 aromatic rings. The minimum Gasteiger partial charge on any atom is -0.465 e. The lowest BCUT2D eigenvalue weighted by Crippen LogP contribution is -2.46. The van der Waals surface area contributed by atoms with Gasteiger partial charge in [0.25, 0.3) is 0 Å². The number of carbonyl (C=O) groups excluding carboxylic acids is 3. The van der Waals surface area contributed by atoms with Gasteiger partial charge in [-0.25, -0.2) is 18.4 Å². The van der Waals surface area contributed by atoms with Crippen molar-refractivity contribution < 1.29 is 32.6 Å². The van der Waals surface area contributed by atoms with Gasteiger partial charge in [0.05, 0.1) is 19.2 Å². The molecule has 0 bridgehead atoms. The predicted octanol–water partition coefficient (Wildman–Crippen LogP) is 4.89. The predicted molar refractivity (Wildman–Crippen MR) is 129 cm³/mol. The molecule has 0 spiro atoms. The van der Waals surface area contributed by atoms with Crippen LogP contribution in [0.5, 0.6) is 0 Å². The van der Waals surface area contributed by atoms with Crippen molar-refractivity contribution in [1.29, 1.82) is 0 Å². The van der Waals surface area contributed by atoms with E-state index in [1.165, 1.54) is 13.2 Å². The quantitative estimate of drug-likeness (QED) is 0.526. The Balaban J connectivity index is 1.64. The van der Waals surface area contributed by atoms with Crippen molar-refractivity contribution in [3.63, 3.8) is 0 Å². The summed E-state index contributed by atoms with van der Waals surface area (Å²) in [5, 5.41) is 0. The Bertz CT molecular complexity index is 1090. The summed E-state index contributed by atoms with van der Waals surface area (Å²) in [7, 11) is 1.34. The molecule has 1 fully saturated rings. The lowest BCUT2D eigenvalue weighted by Gasteiger charge is -2.34. The van der Waals surface area contributed by atoms with Crippen LogP contribution in [0.15, 0.2) is 42.5 Å². The van der Waals surface area contributed by atoms with Gasteiger partial charge in [-0.05, 0) is 63.3 Å². The van der Waals surface area contributed by atoms with Gasteiger partial charge in [0.2, 0.25) is 5.91 Å². The maximum absolute atomic E-state index is 14.3. The van der Waals surface area contributed by atoms with Gasteiger partial charge in [-0.3, -0.25) is 9.69 Å². The highest BCUT2D eigenvalue weighted by Gasteiger charge is 2.29. The molecule has 194 valence electrons. The molecule has 2 amide bonds. The Labute approximate surface area is 210 Å². The number of nitrogens with zero attached hydrogens (tertiary/aromatic N) is 2. The summed E-state index contributed by atoms with van der Waals surface area (Å²) >= 11 is 0. The Kier molecular flexibility index (Phi) is 8.66. The van der Waals surface area contributed by atoms with Crippen molar-refractivity contribution in [2.45, 2.75) is 51.7 Å². The SMILES string of the molecule is COC(=O)c1ccc(C2CCN(C(=O)CN(Cc3ccc(F)cc3F)C(=O)OC(C)(C)C)CC2)cc1. The van der Waals surface area contributed by atoms with Crippen LogP contribution >= 0.6 is 0 Å². The zero-order valence-electron chi connectivity index (χ0n) is 21.1. The average Bonchev–Trinajstić information content (AvgIpc) is 2.83. The molecule has 0 aromatic heterocycles. The van der Waals surface area contributed by atoms with Crippen molar-refractivity contribution >= 4 is 18.0 Å². The van der Waals surface area contributed by atoms with Crippen molar-refractivity contribution in [1.82, 2.24) is 9.80 Å². The number of ether oxygens (including phenoxy) is 2. The van der Waals surface area contributed by atoms with E-state index in [0.717, 1.165) is 35.4 Å². The lowest BCUT2D eigenvalue weighted by atomic mass is 9.89. The Morgan fingerprint density at radius 3 is 2.22 bits per heavy atom. The van der Waals surface area contributed by atoms with E-state index in [9.17, 15) is 23.2 Å². The first-order chi connectivity index (χ1) is 17.0. The second kappa shape index (κ2) is 11.5. The van der Waals surface area contributed by atoms with Crippen LogP contribution in [0.1, 0.15) is 61.0 Å². The van der Waals surface area contributed by atoms with Gasteiger partial charge >= 0.3 is 12.1 Å². The maximum Gasteiger partial charge on any atom is 0.411 e. The van der Waals surface area contributed by atoms with E-state index in [4.69, 9.17) is 9.47 Å². The highest BCUT2D eigenvalue weighted by molar-refractivity contribution is 5.89. The summed E-state index contributed by atoms with van der Waals surface area (Å²) in [6.45, 7) is 5.58. The van der Waals surface area contributed by atoms with Gasteiger partial charge in [0, 0.05) is 24.7 Å². The second-order valence-corrected chi connectivity index (χ2v) is 9.84. The number of methoxy groups -OCH3 is 1. The van der Waals surface area contributed by atoms with Crippen molar-refractivity contribution in [3.8, 4) is 0 Å². The van der Waals surface area contributed by atoms with Gasteiger partial charge in [0.1, 0.15) is 23.8 Å². The molecule has 0 atom stereocenters. The number of piperidine rings is 1. The van der Waals surface area contributed by atoms with Gasteiger partial charge in [-0.1, -0.05) is 18.2 Å². The van der Waals surface area contributed by atoms with E-state index in [0.29, 0.717) is 18.7 Å². The van der Waals surface area contributed by atoms with Crippen LogP contribution in [0.3, 0.4) is 0 Å². The number of halogens is 2. The molecular formula is C27H32F2N2O5. The van der Waals surface area contributed by atoms with Crippen LogP contribution in [0.25, 0.3) is 0 Å². The Morgan fingerprint density at radius 1 is 1.03 bits per heavy atom. The molecule has 0 N–H and O–H groups in total. The molecule has 1 heterocycles.